The van der Waals surface area contributed by atoms with E-state index in [1.807, 2.05) is 11.8 Å². The van der Waals surface area contributed by atoms with Crippen LogP contribution in [0.2, 0.25) is 0 Å². The molecule has 0 bridgehead atoms. The molecule has 0 aliphatic carbocycles. The maximum Gasteiger partial charge on any atom is 0.0592 e. The summed E-state index contributed by atoms with van der Waals surface area (Å²) in [5.41, 5.74) is 0. The molecule has 2 N–H and O–H groups in total. The fourth-order valence-corrected chi connectivity index (χ4v) is 1.94. The van der Waals surface area contributed by atoms with Crippen LogP contribution in [0.5, 0.6) is 0 Å². The zero-order valence-electron chi connectivity index (χ0n) is 9.05. The maximum absolute atomic E-state index is 9.06. The zero-order valence-corrected chi connectivity index (χ0v) is 9.86. The third kappa shape index (κ3) is 7.35. The Kier molecular flexibility index (Phi) is 9.03. The molecule has 0 aromatic carbocycles. The molecule has 0 aromatic heterocycles. The lowest BCUT2D eigenvalue weighted by molar-refractivity contribution is 0.254. The Hall–Kier alpha value is 0.270. The van der Waals surface area contributed by atoms with Crippen molar-refractivity contribution < 1.29 is 5.11 Å². The highest BCUT2D eigenvalue weighted by atomic mass is 32.2. The van der Waals surface area contributed by atoms with E-state index in [4.69, 9.17) is 5.11 Å². The highest BCUT2D eigenvalue weighted by Crippen LogP contribution is 2.14. The van der Waals surface area contributed by atoms with Crippen molar-refractivity contribution in [3.63, 3.8) is 0 Å². The fourth-order valence-electron chi connectivity index (χ4n) is 0.923. The summed E-state index contributed by atoms with van der Waals surface area (Å²) in [5.74, 6) is 1.02. The third-order valence-electron chi connectivity index (χ3n) is 2.06. The minimum absolute atomic E-state index is 0.253. The second-order valence-corrected chi connectivity index (χ2v) is 4.86. The van der Waals surface area contributed by atoms with E-state index in [0.717, 1.165) is 18.7 Å². The molecular weight excluding hydrogens is 182 g/mol. The van der Waals surface area contributed by atoms with E-state index in [0.29, 0.717) is 5.25 Å². The van der Waals surface area contributed by atoms with Crippen LogP contribution >= 0.6 is 11.8 Å². The zero-order chi connectivity index (χ0) is 10.1. The first kappa shape index (κ1) is 13.3. The van der Waals surface area contributed by atoms with Gasteiger partial charge in [0.1, 0.15) is 0 Å². The van der Waals surface area contributed by atoms with Crippen molar-refractivity contribution >= 4 is 11.8 Å². The first-order chi connectivity index (χ1) is 6.24. The van der Waals surface area contributed by atoms with Gasteiger partial charge in [-0.05, 0) is 19.4 Å². The molecule has 0 rings (SSSR count). The van der Waals surface area contributed by atoms with Gasteiger partial charge in [-0.15, -0.1) is 0 Å². The van der Waals surface area contributed by atoms with Crippen LogP contribution in [-0.4, -0.2) is 35.3 Å². The van der Waals surface area contributed by atoms with Crippen LogP contribution in [0.3, 0.4) is 0 Å². The van der Waals surface area contributed by atoms with Gasteiger partial charge in [-0.1, -0.05) is 20.8 Å². The maximum atomic E-state index is 9.06. The van der Waals surface area contributed by atoms with Crippen LogP contribution < -0.4 is 5.32 Å². The first-order valence-corrected chi connectivity index (χ1v) is 6.25. The van der Waals surface area contributed by atoms with Crippen LogP contribution in [0.15, 0.2) is 0 Å². The van der Waals surface area contributed by atoms with Crippen molar-refractivity contribution in [2.45, 2.75) is 44.9 Å². The SMILES string of the molecule is CCCNC(CO)CSC(C)CC. The van der Waals surface area contributed by atoms with E-state index >= 15 is 0 Å². The molecule has 0 radical (unpaired) electrons. The summed E-state index contributed by atoms with van der Waals surface area (Å²) in [7, 11) is 0. The van der Waals surface area contributed by atoms with Crippen molar-refractivity contribution in [2.24, 2.45) is 0 Å². The number of nitrogens with one attached hydrogen (secondary N) is 1. The van der Waals surface area contributed by atoms with Crippen LogP contribution in [0.4, 0.5) is 0 Å². The lowest BCUT2D eigenvalue weighted by Crippen LogP contribution is -2.35. The second-order valence-electron chi connectivity index (χ2n) is 3.39. The molecule has 2 atom stereocenters. The van der Waals surface area contributed by atoms with E-state index in [1.54, 1.807) is 0 Å². The van der Waals surface area contributed by atoms with Crippen molar-refractivity contribution in [1.82, 2.24) is 5.32 Å². The van der Waals surface area contributed by atoms with Crippen molar-refractivity contribution in [1.29, 1.82) is 0 Å². The predicted molar refractivity (Wildman–Crippen MR) is 61.4 cm³/mol. The summed E-state index contributed by atoms with van der Waals surface area (Å²) in [5, 5.41) is 13.1. The molecule has 0 aliphatic rings. The third-order valence-corrected chi connectivity index (χ3v) is 3.56. The number of aliphatic hydroxyl groups excluding tert-OH is 1. The molecule has 13 heavy (non-hydrogen) atoms. The molecule has 0 saturated carbocycles. The Balaban J connectivity index is 3.46. The van der Waals surface area contributed by atoms with Gasteiger partial charge < -0.3 is 10.4 Å². The van der Waals surface area contributed by atoms with E-state index < -0.39 is 0 Å². The summed E-state index contributed by atoms with van der Waals surface area (Å²) in [4.78, 5) is 0. The monoisotopic (exact) mass is 205 g/mol. The van der Waals surface area contributed by atoms with Gasteiger partial charge >= 0.3 is 0 Å². The van der Waals surface area contributed by atoms with Gasteiger partial charge in [-0.25, -0.2) is 0 Å². The Labute approximate surface area is 86.5 Å². The van der Waals surface area contributed by atoms with Gasteiger partial charge in [-0.3, -0.25) is 0 Å². The molecule has 0 spiro atoms. The summed E-state index contributed by atoms with van der Waals surface area (Å²) >= 11 is 1.94. The predicted octanol–water partition coefficient (Wildman–Crippen LogP) is 1.88. The normalized spacial score (nSPS) is 15.7. The smallest absolute Gasteiger partial charge is 0.0592 e. The summed E-state index contributed by atoms with van der Waals surface area (Å²) in [6, 6.07) is 0.277. The van der Waals surface area contributed by atoms with E-state index in [2.05, 4.69) is 26.1 Å². The minimum atomic E-state index is 0.253. The van der Waals surface area contributed by atoms with Crippen LogP contribution in [-0.2, 0) is 0 Å². The second kappa shape index (κ2) is 8.85. The first-order valence-electron chi connectivity index (χ1n) is 5.20. The molecule has 0 heterocycles. The van der Waals surface area contributed by atoms with Crippen molar-refractivity contribution in [3.8, 4) is 0 Å². The number of aliphatic hydroxyl groups is 1. The van der Waals surface area contributed by atoms with E-state index in [1.165, 1.54) is 6.42 Å². The lowest BCUT2D eigenvalue weighted by atomic mass is 10.3. The molecule has 2 unspecified atom stereocenters. The molecule has 0 fully saturated rings. The van der Waals surface area contributed by atoms with E-state index in [9.17, 15) is 0 Å². The fraction of sp³-hybridized carbons (Fsp3) is 1.00. The molecule has 0 amide bonds. The Bertz CT molecular complexity index is 111. The molecule has 2 nitrogen and oxygen atoms in total. The van der Waals surface area contributed by atoms with Gasteiger partial charge in [0.15, 0.2) is 0 Å². The average Bonchev–Trinajstić information content (AvgIpc) is 2.17. The Morgan fingerprint density at radius 1 is 1.38 bits per heavy atom. The molecule has 0 aliphatic heterocycles. The molecule has 0 saturated heterocycles. The highest BCUT2D eigenvalue weighted by molar-refractivity contribution is 7.99. The largest absolute Gasteiger partial charge is 0.395 e. The standard InChI is InChI=1S/C10H23NOS/c1-4-6-11-10(7-12)8-13-9(3)5-2/h9-12H,4-8H2,1-3H3. The summed E-state index contributed by atoms with van der Waals surface area (Å²) < 4.78 is 0. The molecule has 3 heteroatoms. The average molecular weight is 205 g/mol. The topological polar surface area (TPSA) is 32.3 Å². The van der Waals surface area contributed by atoms with Gasteiger partial charge in [-0.2, -0.15) is 11.8 Å². The lowest BCUT2D eigenvalue weighted by Gasteiger charge is -2.17. The van der Waals surface area contributed by atoms with E-state index in [-0.39, 0.29) is 12.6 Å². The Morgan fingerprint density at radius 2 is 2.08 bits per heavy atom. The molecular formula is C10H23NOS. The van der Waals surface area contributed by atoms with Gasteiger partial charge in [0.25, 0.3) is 0 Å². The van der Waals surface area contributed by atoms with Crippen LogP contribution in [0.1, 0.15) is 33.6 Å². The number of rotatable bonds is 8. The van der Waals surface area contributed by atoms with Gasteiger partial charge in [0, 0.05) is 17.0 Å². The quantitative estimate of drug-likeness (QED) is 0.634. The summed E-state index contributed by atoms with van der Waals surface area (Å²) in [6.07, 6.45) is 2.33. The van der Waals surface area contributed by atoms with Crippen LogP contribution in [0.25, 0.3) is 0 Å². The number of hydrogen-bond acceptors (Lipinski definition) is 3. The van der Waals surface area contributed by atoms with Crippen molar-refractivity contribution in [2.75, 3.05) is 18.9 Å². The minimum Gasteiger partial charge on any atom is -0.395 e. The molecule has 80 valence electrons. The van der Waals surface area contributed by atoms with Gasteiger partial charge in [0.05, 0.1) is 6.61 Å². The Morgan fingerprint density at radius 3 is 2.54 bits per heavy atom. The number of thioether (sulfide) groups is 1. The molecule has 0 aromatic rings. The highest BCUT2D eigenvalue weighted by Gasteiger charge is 2.07. The summed E-state index contributed by atoms with van der Waals surface area (Å²) in [6.45, 7) is 7.84. The van der Waals surface area contributed by atoms with Crippen molar-refractivity contribution in [3.05, 3.63) is 0 Å². The van der Waals surface area contributed by atoms with Crippen LogP contribution in [0, 0.1) is 0 Å². The van der Waals surface area contributed by atoms with Gasteiger partial charge in [0.2, 0.25) is 0 Å². The number of hydrogen-bond donors (Lipinski definition) is 2.